The number of carbonyl (C=O) groups is 1. The van der Waals surface area contributed by atoms with Crippen molar-refractivity contribution in [3.8, 4) is 0 Å². The van der Waals surface area contributed by atoms with E-state index in [-0.39, 0.29) is 23.9 Å². The third-order valence-corrected chi connectivity index (χ3v) is 4.91. The minimum Gasteiger partial charge on any atom is -0.353 e. The number of H-pyrrole nitrogens is 1. The quantitative estimate of drug-likeness (QED) is 0.660. The first-order chi connectivity index (χ1) is 13.4. The summed E-state index contributed by atoms with van der Waals surface area (Å²) in [6.45, 7) is 0.0315. The van der Waals surface area contributed by atoms with Crippen molar-refractivity contribution >= 4 is 28.3 Å². The molecule has 1 amide bonds. The number of carbonyl (C=O) groups excluding carboxylic acids is 1. The van der Waals surface area contributed by atoms with Crippen LogP contribution in [0.3, 0.4) is 0 Å². The van der Waals surface area contributed by atoms with Crippen LogP contribution in [0.2, 0.25) is 5.02 Å². The number of likely N-dealkylation sites (N-methyl/N-ethyl adjacent to an activating group) is 1. The molecule has 0 spiro atoms. The van der Waals surface area contributed by atoms with Crippen molar-refractivity contribution in [2.45, 2.75) is 12.6 Å². The van der Waals surface area contributed by atoms with Crippen LogP contribution in [0.4, 0.5) is 0 Å². The van der Waals surface area contributed by atoms with Crippen LogP contribution in [0.5, 0.6) is 0 Å². The summed E-state index contributed by atoms with van der Waals surface area (Å²) in [7, 11) is 3.79. The van der Waals surface area contributed by atoms with Gasteiger partial charge in [0, 0.05) is 11.6 Å². The second-order valence-corrected chi connectivity index (χ2v) is 7.09. The molecule has 0 aliphatic carbocycles. The number of hydrogen-bond donors (Lipinski definition) is 2. The molecule has 2 N–H and O–H groups in total. The smallest absolute Gasteiger partial charge is 0.273 e. The zero-order chi connectivity index (χ0) is 20.3. The molecule has 0 fully saturated rings. The van der Waals surface area contributed by atoms with E-state index in [0.717, 1.165) is 10.2 Å². The van der Waals surface area contributed by atoms with Crippen LogP contribution < -0.4 is 16.4 Å². The van der Waals surface area contributed by atoms with E-state index < -0.39 is 11.1 Å². The van der Waals surface area contributed by atoms with Gasteiger partial charge >= 0.3 is 0 Å². The monoisotopic (exact) mass is 400 g/mol. The summed E-state index contributed by atoms with van der Waals surface area (Å²) >= 11 is 6.28. The first-order valence-corrected chi connectivity index (χ1v) is 9.15. The Labute approximate surface area is 166 Å². The lowest BCUT2D eigenvalue weighted by Gasteiger charge is -2.26. The number of benzene rings is 2. The summed E-state index contributed by atoms with van der Waals surface area (Å²) in [5.74, 6) is -0.382. The number of halogens is 1. The summed E-state index contributed by atoms with van der Waals surface area (Å²) < 4.78 is 1.03. The van der Waals surface area contributed by atoms with E-state index >= 15 is 0 Å². The average Bonchev–Trinajstić information content (AvgIpc) is 2.67. The molecule has 1 aromatic heterocycles. The number of rotatable bonds is 6. The molecule has 3 aromatic rings. The molecule has 7 nitrogen and oxygen atoms in total. The maximum atomic E-state index is 12.5. The summed E-state index contributed by atoms with van der Waals surface area (Å²) in [5, 5.41) is 6.47. The second kappa shape index (κ2) is 8.41. The summed E-state index contributed by atoms with van der Waals surface area (Å²) in [6.07, 6.45) is 0. The van der Waals surface area contributed by atoms with Gasteiger partial charge in [0.05, 0.1) is 16.8 Å². The maximum absolute atomic E-state index is 12.5. The lowest BCUT2D eigenvalue weighted by atomic mass is 10.1. The predicted octanol–water partition coefficient (Wildman–Crippen LogP) is 1.76. The molecule has 28 heavy (non-hydrogen) atoms. The first-order valence-electron chi connectivity index (χ1n) is 8.78. The molecule has 0 radical (unpaired) electrons. The Kier molecular flexibility index (Phi) is 5.96. The van der Waals surface area contributed by atoms with Gasteiger partial charge in [-0.3, -0.25) is 19.5 Å². The van der Waals surface area contributed by atoms with Gasteiger partial charge < -0.3 is 10.2 Å². The van der Waals surface area contributed by atoms with Crippen LogP contribution in [0.25, 0.3) is 10.8 Å². The molecule has 0 aliphatic rings. The average molecular weight is 401 g/mol. The number of aromatic amines is 1. The van der Waals surface area contributed by atoms with E-state index in [0.29, 0.717) is 17.0 Å². The van der Waals surface area contributed by atoms with Gasteiger partial charge in [-0.2, -0.15) is 0 Å². The highest BCUT2D eigenvalue weighted by atomic mass is 35.5. The number of nitrogens with zero attached hydrogens (tertiary/aromatic N) is 2. The van der Waals surface area contributed by atoms with Gasteiger partial charge in [0.2, 0.25) is 5.91 Å². The number of fused-ring (bicyclic) bond motifs is 1. The Morgan fingerprint density at radius 2 is 1.75 bits per heavy atom. The molecule has 0 saturated heterocycles. The molecule has 3 rings (SSSR count). The van der Waals surface area contributed by atoms with Crippen molar-refractivity contribution in [2.24, 2.45) is 0 Å². The minimum absolute atomic E-state index is 0.134. The Morgan fingerprint density at radius 1 is 1.11 bits per heavy atom. The Morgan fingerprint density at radius 3 is 2.43 bits per heavy atom. The van der Waals surface area contributed by atoms with Gasteiger partial charge in [-0.15, -0.1) is 0 Å². The fourth-order valence-electron chi connectivity index (χ4n) is 3.08. The Balaban J connectivity index is 1.76. The van der Waals surface area contributed by atoms with Crippen molar-refractivity contribution < 1.29 is 4.79 Å². The molecule has 1 heterocycles. The SMILES string of the molecule is CN(C)C(CNC(=O)Cn1[nH]c(=O)c2ccccc2c1=O)c1ccccc1Cl. The zero-order valence-corrected chi connectivity index (χ0v) is 16.4. The van der Waals surface area contributed by atoms with E-state index in [1.165, 1.54) is 0 Å². The largest absolute Gasteiger partial charge is 0.353 e. The molecule has 8 heteroatoms. The van der Waals surface area contributed by atoms with Crippen molar-refractivity contribution in [3.05, 3.63) is 79.8 Å². The Bertz CT molecular complexity index is 1120. The first kappa shape index (κ1) is 19.9. The summed E-state index contributed by atoms with van der Waals surface area (Å²) in [5.41, 5.74) is 0.0663. The second-order valence-electron chi connectivity index (χ2n) is 6.68. The van der Waals surface area contributed by atoms with E-state index in [2.05, 4.69) is 10.4 Å². The van der Waals surface area contributed by atoms with Crippen LogP contribution >= 0.6 is 11.6 Å². The third-order valence-electron chi connectivity index (χ3n) is 4.57. The van der Waals surface area contributed by atoms with Crippen molar-refractivity contribution in [1.82, 2.24) is 20.0 Å². The normalized spacial score (nSPS) is 12.3. The molecule has 1 atom stereocenters. The lowest BCUT2D eigenvalue weighted by Crippen LogP contribution is -2.39. The van der Waals surface area contributed by atoms with Crippen LogP contribution in [-0.2, 0) is 11.3 Å². The van der Waals surface area contributed by atoms with E-state index in [1.807, 2.05) is 37.2 Å². The molecule has 0 saturated carbocycles. The van der Waals surface area contributed by atoms with Crippen molar-refractivity contribution in [3.63, 3.8) is 0 Å². The highest BCUT2D eigenvalue weighted by molar-refractivity contribution is 6.31. The van der Waals surface area contributed by atoms with Gasteiger partial charge in [0.15, 0.2) is 0 Å². The number of aromatic nitrogens is 2. The van der Waals surface area contributed by atoms with Crippen molar-refractivity contribution in [1.29, 1.82) is 0 Å². The fraction of sp³-hybridized carbons (Fsp3) is 0.250. The molecular formula is C20H21ClN4O3. The predicted molar refractivity (Wildman–Crippen MR) is 110 cm³/mol. The summed E-state index contributed by atoms with van der Waals surface area (Å²) in [4.78, 5) is 39.0. The minimum atomic E-state index is -0.416. The van der Waals surface area contributed by atoms with Gasteiger partial charge in [0.1, 0.15) is 6.54 Å². The van der Waals surface area contributed by atoms with Crippen molar-refractivity contribution in [2.75, 3.05) is 20.6 Å². The van der Waals surface area contributed by atoms with Gasteiger partial charge in [-0.1, -0.05) is 41.9 Å². The molecule has 0 aliphatic heterocycles. The third kappa shape index (κ3) is 4.16. The number of amides is 1. The molecule has 0 bridgehead atoms. The maximum Gasteiger partial charge on any atom is 0.273 e. The topological polar surface area (TPSA) is 87.2 Å². The lowest BCUT2D eigenvalue weighted by molar-refractivity contribution is -0.122. The summed E-state index contributed by atoms with van der Waals surface area (Å²) in [6, 6.07) is 13.8. The van der Waals surface area contributed by atoms with Crippen LogP contribution in [0.15, 0.2) is 58.1 Å². The molecule has 146 valence electrons. The van der Waals surface area contributed by atoms with Crippen LogP contribution in [0.1, 0.15) is 11.6 Å². The fourth-order valence-corrected chi connectivity index (χ4v) is 3.35. The van der Waals surface area contributed by atoms with Gasteiger partial charge in [-0.25, -0.2) is 4.68 Å². The van der Waals surface area contributed by atoms with E-state index in [1.54, 1.807) is 30.3 Å². The highest BCUT2D eigenvalue weighted by Crippen LogP contribution is 2.25. The van der Waals surface area contributed by atoms with E-state index in [9.17, 15) is 14.4 Å². The van der Waals surface area contributed by atoms with Crippen LogP contribution in [-0.4, -0.2) is 41.2 Å². The molecule has 1 unspecified atom stereocenters. The Hall–Kier alpha value is -2.90. The van der Waals surface area contributed by atoms with Crippen LogP contribution in [0, 0.1) is 0 Å². The van der Waals surface area contributed by atoms with Gasteiger partial charge in [-0.05, 0) is 37.9 Å². The standard InChI is InChI=1S/C20H21ClN4O3/c1-24(2)17(15-9-5-6-10-16(15)21)11-22-18(26)12-25-20(28)14-8-4-3-7-13(14)19(27)23-25/h3-10,17H,11-12H2,1-2H3,(H,22,26)(H,23,27). The number of nitrogens with one attached hydrogen (secondary N) is 2. The molecule has 2 aromatic carbocycles. The molecular weight excluding hydrogens is 380 g/mol. The van der Waals surface area contributed by atoms with E-state index in [4.69, 9.17) is 11.6 Å². The number of hydrogen-bond acceptors (Lipinski definition) is 4. The highest BCUT2D eigenvalue weighted by Gasteiger charge is 2.18. The van der Waals surface area contributed by atoms with Gasteiger partial charge in [0.25, 0.3) is 11.1 Å². The zero-order valence-electron chi connectivity index (χ0n) is 15.6.